The van der Waals surface area contributed by atoms with Crippen molar-refractivity contribution >= 4 is 11.6 Å². The molecule has 0 bridgehead atoms. The number of Topliss-reactive ketones (excluding diaryl/α,β-unsaturated/α-hetero) is 2. The highest BCUT2D eigenvalue weighted by atomic mass is 16.1. The van der Waals surface area contributed by atoms with E-state index in [0.29, 0.717) is 12.8 Å². The summed E-state index contributed by atoms with van der Waals surface area (Å²) in [6.45, 7) is 13.7. The SMILES string of the molecule is CC(=O)CCC=C(C)C.CC(=O)CCC=C(C)CCC=C(C)C. The van der Waals surface area contributed by atoms with Crippen molar-refractivity contribution in [2.45, 2.75) is 87.0 Å². The molecule has 132 valence electrons. The zero-order chi connectivity index (χ0) is 18.3. The lowest BCUT2D eigenvalue weighted by atomic mass is 10.1. The van der Waals surface area contributed by atoms with Crippen LogP contribution in [0.15, 0.2) is 34.9 Å². The number of carbonyl (C=O) groups is 2. The van der Waals surface area contributed by atoms with Gasteiger partial charge in [0.25, 0.3) is 0 Å². The summed E-state index contributed by atoms with van der Waals surface area (Å²) in [5.74, 6) is 0.547. The Morgan fingerprint density at radius 3 is 1.26 bits per heavy atom. The zero-order valence-corrected chi connectivity index (χ0v) is 16.3. The minimum absolute atomic E-state index is 0.271. The molecule has 0 aromatic rings. The lowest BCUT2D eigenvalue weighted by Crippen LogP contribution is -1.87. The summed E-state index contributed by atoms with van der Waals surface area (Å²) in [4.78, 5) is 21.1. The van der Waals surface area contributed by atoms with E-state index in [-0.39, 0.29) is 11.6 Å². The Labute approximate surface area is 143 Å². The van der Waals surface area contributed by atoms with Crippen molar-refractivity contribution in [3.05, 3.63) is 34.9 Å². The van der Waals surface area contributed by atoms with E-state index >= 15 is 0 Å². The van der Waals surface area contributed by atoms with Gasteiger partial charge in [0.1, 0.15) is 11.6 Å². The van der Waals surface area contributed by atoms with E-state index in [9.17, 15) is 9.59 Å². The van der Waals surface area contributed by atoms with Gasteiger partial charge in [0.05, 0.1) is 0 Å². The third kappa shape index (κ3) is 25.8. The second-order valence-electron chi connectivity index (χ2n) is 6.63. The lowest BCUT2D eigenvalue weighted by Gasteiger charge is -1.98. The molecule has 0 amide bonds. The molecule has 2 nitrogen and oxygen atoms in total. The van der Waals surface area contributed by atoms with E-state index in [1.54, 1.807) is 13.8 Å². The van der Waals surface area contributed by atoms with Gasteiger partial charge >= 0.3 is 0 Å². The largest absolute Gasteiger partial charge is 0.300 e. The molecular formula is C21H36O2. The molecule has 0 fully saturated rings. The van der Waals surface area contributed by atoms with Gasteiger partial charge in [-0.15, -0.1) is 0 Å². The summed E-state index contributed by atoms with van der Waals surface area (Å²) in [6.07, 6.45) is 11.9. The van der Waals surface area contributed by atoms with Gasteiger partial charge in [0.2, 0.25) is 0 Å². The first-order valence-electron chi connectivity index (χ1n) is 8.56. The first-order chi connectivity index (χ1) is 10.6. The predicted octanol–water partition coefficient (Wildman–Crippen LogP) is 6.37. The highest BCUT2D eigenvalue weighted by molar-refractivity contribution is 5.75. The number of rotatable bonds is 9. The van der Waals surface area contributed by atoms with Crippen LogP contribution >= 0.6 is 0 Å². The van der Waals surface area contributed by atoms with Crippen LogP contribution in [0.3, 0.4) is 0 Å². The minimum atomic E-state index is 0.271. The molecule has 0 atom stereocenters. The summed E-state index contributed by atoms with van der Waals surface area (Å²) < 4.78 is 0. The summed E-state index contributed by atoms with van der Waals surface area (Å²) in [5.41, 5.74) is 4.06. The fraction of sp³-hybridized carbons (Fsp3) is 0.619. The Balaban J connectivity index is 0. The first kappa shape index (κ1) is 23.8. The summed E-state index contributed by atoms with van der Waals surface area (Å²) in [6, 6.07) is 0. The Morgan fingerprint density at radius 1 is 0.565 bits per heavy atom. The lowest BCUT2D eigenvalue weighted by molar-refractivity contribution is -0.117. The number of ketones is 2. The molecule has 0 saturated heterocycles. The fourth-order valence-corrected chi connectivity index (χ4v) is 1.78. The predicted molar refractivity (Wildman–Crippen MR) is 102 cm³/mol. The minimum Gasteiger partial charge on any atom is -0.300 e. The summed E-state index contributed by atoms with van der Waals surface area (Å²) >= 11 is 0. The first-order valence-corrected chi connectivity index (χ1v) is 8.56. The van der Waals surface area contributed by atoms with Crippen LogP contribution in [0, 0.1) is 0 Å². The molecule has 0 rings (SSSR count). The van der Waals surface area contributed by atoms with Gasteiger partial charge in [0, 0.05) is 12.8 Å². The topological polar surface area (TPSA) is 34.1 Å². The van der Waals surface area contributed by atoms with Gasteiger partial charge in [-0.25, -0.2) is 0 Å². The van der Waals surface area contributed by atoms with Crippen molar-refractivity contribution < 1.29 is 9.59 Å². The smallest absolute Gasteiger partial charge is 0.130 e. The average molecular weight is 321 g/mol. The second kappa shape index (κ2) is 15.5. The molecule has 2 heteroatoms. The van der Waals surface area contributed by atoms with Crippen LogP contribution in [-0.2, 0) is 9.59 Å². The third-order valence-corrected chi connectivity index (χ3v) is 3.13. The van der Waals surface area contributed by atoms with E-state index in [0.717, 1.165) is 25.7 Å². The molecule has 0 N–H and O–H groups in total. The monoisotopic (exact) mass is 320 g/mol. The van der Waals surface area contributed by atoms with Gasteiger partial charge in [-0.2, -0.15) is 0 Å². The standard InChI is InChI=1S/C13H22O.C8H14O/c1-11(2)7-5-8-12(3)9-6-10-13(4)14;1-7(2)5-4-6-8(3)9/h7,9H,5-6,8,10H2,1-4H3;5H,4,6H2,1-3H3. The molecule has 0 aliphatic heterocycles. The van der Waals surface area contributed by atoms with Crippen LogP contribution in [0.4, 0.5) is 0 Å². The van der Waals surface area contributed by atoms with E-state index < -0.39 is 0 Å². The maximum Gasteiger partial charge on any atom is 0.130 e. The highest BCUT2D eigenvalue weighted by Gasteiger charge is 1.92. The van der Waals surface area contributed by atoms with Gasteiger partial charge in [-0.3, -0.25) is 0 Å². The fourth-order valence-electron chi connectivity index (χ4n) is 1.78. The Morgan fingerprint density at radius 2 is 0.913 bits per heavy atom. The highest BCUT2D eigenvalue weighted by Crippen LogP contribution is 2.08. The molecule has 0 radical (unpaired) electrons. The van der Waals surface area contributed by atoms with Gasteiger partial charge < -0.3 is 9.59 Å². The normalized spacial score (nSPS) is 10.3. The third-order valence-electron chi connectivity index (χ3n) is 3.13. The van der Waals surface area contributed by atoms with E-state index in [4.69, 9.17) is 0 Å². The summed E-state index contributed by atoms with van der Waals surface area (Å²) in [5, 5.41) is 0. The molecule has 0 aliphatic carbocycles. The Hall–Kier alpha value is -1.44. The quantitative estimate of drug-likeness (QED) is 0.462. The molecule has 0 aliphatic rings. The van der Waals surface area contributed by atoms with Crippen molar-refractivity contribution in [3.8, 4) is 0 Å². The second-order valence-corrected chi connectivity index (χ2v) is 6.63. The Kier molecular flexibility index (Phi) is 16.0. The van der Waals surface area contributed by atoms with Crippen molar-refractivity contribution in [2.75, 3.05) is 0 Å². The van der Waals surface area contributed by atoms with Crippen molar-refractivity contribution in [1.82, 2.24) is 0 Å². The maximum atomic E-state index is 10.7. The molecule has 0 unspecified atom stereocenters. The van der Waals surface area contributed by atoms with Crippen LogP contribution < -0.4 is 0 Å². The molecule has 0 saturated carbocycles. The van der Waals surface area contributed by atoms with Gasteiger partial charge in [-0.05, 0) is 74.1 Å². The molecule has 23 heavy (non-hydrogen) atoms. The number of allylic oxidation sites excluding steroid dienone is 6. The molecule has 0 spiro atoms. The van der Waals surface area contributed by atoms with Crippen LogP contribution in [0.1, 0.15) is 87.0 Å². The number of hydrogen-bond acceptors (Lipinski definition) is 2. The molecule has 0 heterocycles. The van der Waals surface area contributed by atoms with Crippen molar-refractivity contribution in [2.24, 2.45) is 0 Å². The summed E-state index contributed by atoms with van der Waals surface area (Å²) in [7, 11) is 0. The average Bonchev–Trinajstić information content (AvgIpc) is 2.37. The van der Waals surface area contributed by atoms with Crippen molar-refractivity contribution in [3.63, 3.8) is 0 Å². The van der Waals surface area contributed by atoms with Crippen LogP contribution in [-0.4, -0.2) is 11.6 Å². The number of carbonyl (C=O) groups excluding carboxylic acids is 2. The van der Waals surface area contributed by atoms with Gasteiger partial charge in [-0.1, -0.05) is 34.9 Å². The molecule has 0 aromatic heterocycles. The van der Waals surface area contributed by atoms with E-state index in [1.165, 1.54) is 16.7 Å². The molecular weight excluding hydrogens is 284 g/mol. The van der Waals surface area contributed by atoms with E-state index in [2.05, 4.69) is 39.0 Å². The van der Waals surface area contributed by atoms with Crippen molar-refractivity contribution in [1.29, 1.82) is 0 Å². The van der Waals surface area contributed by atoms with Crippen LogP contribution in [0.2, 0.25) is 0 Å². The zero-order valence-electron chi connectivity index (χ0n) is 16.3. The van der Waals surface area contributed by atoms with Gasteiger partial charge in [0.15, 0.2) is 0 Å². The van der Waals surface area contributed by atoms with Crippen LogP contribution in [0.25, 0.3) is 0 Å². The number of hydrogen-bond donors (Lipinski definition) is 0. The van der Waals surface area contributed by atoms with E-state index in [1.807, 2.05) is 13.8 Å². The Bertz CT molecular complexity index is 429. The van der Waals surface area contributed by atoms with Crippen LogP contribution in [0.5, 0.6) is 0 Å². The molecule has 0 aromatic carbocycles. The maximum absolute atomic E-state index is 10.7.